The van der Waals surface area contributed by atoms with E-state index in [0.29, 0.717) is 88.3 Å². The van der Waals surface area contributed by atoms with Crippen molar-refractivity contribution in [3.05, 3.63) is 77.0 Å². The van der Waals surface area contributed by atoms with Crippen LogP contribution in [0.1, 0.15) is 154 Å². The minimum atomic E-state index is -0.664. The summed E-state index contributed by atoms with van der Waals surface area (Å²) in [5, 5.41) is 14.2. The Balaban J connectivity index is 0.000000167. The molecule has 1 aliphatic carbocycles. The molecule has 5 aromatic rings. The third-order valence-electron chi connectivity index (χ3n) is 20.1. The van der Waals surface area contributed by atoms with Crippen molar-refractivity contribution in [2.24, 2.45) is 23.2 Å². The zero-order valence-electron chi connectivity index (χ0n) is 51.4. The number of aryl methyl sites for hydroxylation is 2. The average molecular weight is 1170 g/mol. The molecule has 85 heavy (non-hydrogen) atoms. The van der Waals surface area contributed by atoms with Crippen LogP contribution < -0.4 is 19.9 Å². The second-order valence-corrected chi connectivity index (χ2v) is 25.7. The lowest BCUT2D eigenvalue weighted by molar-refractivity contribution is -0.135. The number of fused-ring (bicyclic) bond motifs is 3. The Morgan fingerprint density at radius 1 is 0.894 bits per heavy atom. The molecule has 6 saturated heterocycles. The number of aromatic hydroxyl groups is 1. The quantitative estimate of drug-likeness (QED) is 0.120. The number of likely N-dealkylation sites (tertiary alicyclic amines) is 2. The van der Waals surface area contributed by atoms with Gasteiger partial charge in [-0.2, -0.15) is 9.97 Å². The van der Waals surface area contributed by atoms with Crippen LogP contribution in [0, 0.1) is 41.7 Å². The normalized spacial score (nSPS) is 23.1. The summed E-state index contributed by atoms with van der Waals surface area (Å²) >= 11 is 0. The van der Waals surface area contributed by atoms with Gasteiger partial charge in [0.25, 0.3) is 0 Å². The molecular formula is C67H89F2N9O7. The van der Waals surface area contributed by atoms with Crippen molar-refractivity contribution >= 4 is 57.0 Å². The zero-order valence-corrected chi connectivity index (χ0v) is 51.4. The Morgan fingerprint density at radius 2 is 1.65 bits per heavy atom. The topological polar surface area (TPSA) is 174 Å². The van der Waals surface area contributed by atoms with Crippen LogP contribution >= 0.6 is 0 Å². The predicted octanol–water partition coefficient (Wildman–Crippen LogP) is 11.9. The first-order chi connectivity index (χ1) is 40.9. The average Bonchev–Trinajstić information content (AvgIpc) is 2.86. The first-order valence-corrected chi connectivity index (χ1v) is 31.6. The molecule has 18 heteroatoms. The van der Waals surface area contributed by atoms with E-state index in [4.69, 9.17) is 9.47 Å². The number of methoxy groups -OCH3 is 1. The number of hydrogen-bond acceptors (Lipinski definition) is 13. The number of hydrogen-bond donors (Lipinski definition) is 2. The molecule has 8 heterocycles. The molecule has 0 radical (unpaired) electrons. The summed E-state index contributed by atoms with van der Waals surface area (Å²) in [5.74, 6) is 0.544. The van der Waals surface area contributed by atoms with Crippen molar-refractivity contribution in [2.45, 2.75) is 168 Å². The van der Waals surface area contributed by atoms with Crippen LogP contribution in [0.25, 0.3) is 32.9 Å². The monoisotopic (exact) mass is 1170 g/mol. The van der Waals surface area contributed by atoms with Gasteiger partial charge in [-0.15, -0.1) is 0 Å². The second kappa shape index (κ2) is 26.6. The van der Waals surface area contributed by atoms with Gasteiger partial charge in [-0.1, -0.05) is 52.8 Å². The van der Waals surface area contributed by atoms with E-state index in [1.54, 1.807) is 12.3 Å². The van der Waals surface area contributed by atoms with Gasteiger partial charge < -0.3 is 34.2 Å². The van der Waals surface area contributed by atoms with E-state index in [1.165, 1.54) is 94.3 Å². The smallest absolute Gasteiger partial charge is 0.409 e. The van der Waals surface area contributed by atoms with Crippen LogP contribution in [0.3, 0.4) is 0 Å². The van der Waals surface area contributed by atoms with Crippen LogP contribution in [0.15, 0.2) is 48.7 Å². The van der Waals surface area contributed by atoms with E-state index >= 15 is 4.39 Å². The van der Waals surface area contributed by atoms with Gasteiger partial charge >= 0.3 is 12.1 Å². The highest BCUT2D eigenvalue weighted by atomic mass is 19.1. The number of imide groups is 1. The first-order valence-electron chi connectivity index (χ1n) is 31.6. The molecule has 7 fully saturated rings. The van der Waals surface area contributed by atoms with Crippen LogP contribution in [-0.2, 0) is 25.5 Å². The summed E-state index contributed by atoms with van der Waals surface area (Å²) in [6.45, 7) is 19.5. The summed E-state index contributed by atoms with van der Waals surface area (Å²) < 4.78 is 41.9. The number of benzene rings is 3. The maximum atomic E-state index is 16.1. The molecule has 5 atom stereocenters. The number of phenolic OH excluding ortho intramolecular Hbond substituents is 1. The minimum Gasteiger partial charge on any atom is -0.508 e. The van der Waals surface area contributed by atoms with Crippen molar-refractivity contribution in [3.8, 4) is 23.0 Å². The fourth-order valence-electron chi connectivity index (χ4n) is 14.6. The maximum Gasteiger partial charge on any atom is 0.409 e. The molecule has 4 amide bonds. The molecule has 2 aromatic heterocycles. The largest absolute Gasteiger partial charge is 0.508 e. The fraction of sp³-hybridized carbons (Fsp3) is 0.597. The minimum absolute atomic E-state index is 0.00702. The highest BCUT2D eigenvalue weighted by molar-refractivity contribution is 6.02. The number of ether oxygens (including phenoxy) is 2. The molecule has 1 spiro atoms. The molecule has 6 aliphatic heterocycles. The molecule has 458 valence electrons. The number of amides is 4. The third kappa shape index (κ3) is 13.4. The lowest BCUT2D eigenvalue weighted by Gasteiger charge is -2.56. The number of carbonyl (C=O) groups is 4. The van der Waals surface area contributed by atoms with Crippen molar-refractivity contribution in [3.63, 3.8) is 0 Å². The molecule has 2 N–H and O–H groups in total. The van der Waals surface area contributed by atoms with Gasteiger partial charge in [-0.3, -0.25) is 29.6 Å². The standard InChI is InChI=1S/C35H54N4O3.C26H26F2N4O2.C6H9NO2/c1-5-25(2)33(40)36(4)32-21-28(9-8-26(32)3)27-12-17-37(18-13-27)31-22-35(23-31)14-19-38(20-15-35)34(41)42-24-30-11-10-29-7-6-16-39(29)30;1-4-17-20(27)8-7-15-10-16(33)11-18(21(15)17)23-22(28)24-19(12-29-23)25(31-26(30-24)34-3)32-9-5-6-14(2)13-32;1-4-2-3-5(8)7-6(4)9/h8-9,21,25,27,29-31H,5-7,10-20,22-24H2,1-4H3;7-8,10-12,14,33H,4-6,9,13H2,1-3H3;4H,2-3H2,1H3,(H,7,8,9). The summed E-state index contributed by atoms with van der Waals surface area (Å²) in [6.07, 6.45) is 18.4. The number of phenols is 1. The molecule has 7 aliphatic rings. The van der Waals surface area contributed by atoms with E-state index in [2.05, 4.69) is 73.9 Å². The summed E-state index contributed by atoms with van der Waals surface area (Å²) in [5.41, 5.74) is 4.89. The van der Waals surface area contributed by atoms with Gasteiger partial charge in [0.1, 0.15) is 35.2 Å². The van der Waals surface area contributed by atoms with Crippen LogP contribution in [0.5, 0.6) is 11.8 Å². The molecule has 3 aromatic carbocycles. The number of aromatic nitrogens is 3. The molecule has 0 bridgehead atoms. The van der Waals surface area contributed by atoms with Crippen LogP contribution in [0.4, 0.5) is 25.1 Å². The van der Waals surface area contributed by atoms with Gasteiger partial charge in [-0.05, 0) is 192 Å². The number of carbonyl (C=O) groups excluding carboxylic acids is 4. The second-order valence-electron chi connectivity index (χ2n) is 25.7. The number of halogens is 2. The number of rotatable bonds is 11. The molecule has 12 rings (SSSR count). The van der Waals surface area contributed by atoms with E-state index in [9.17, 15) is 28.7 Å². The third-order valence-corrected chi connectivity index (χ3v) is 20.1. The maximum absolute atomic E-state index is 16.1. The molecule has 5 unspecified atom stereocenters. The number of nitrogens with zero attached hydrogens (tertiary/aromatic N) is 8. The van der Waals surface area contributed by atoms with E-state index in [1.807, 2.05) is 37.6 Å². The van der Waals surface area contributed by atoms with Crippen molar-refractivity contribution in [1.82, 2.24) is 35.0 Å². The lowest BCUT2D eigenvalue weighted by atomic mass is 9.59. The fourth-order valence-corrected chi connectivity index (χ4v) is 14.6. The Bertz CT molecular complexity index is 3250. The van der Waals surface area contributed by atoms with E-state index in [-0.39, 0.29) is 64.4 Å². The zero-order chi connectivity index (χ0) is 60.3. The summed E-state index contributed by atoms with van der Waals surface area (Å²) in [7, 11) is 3.38. The van der Waals surface area contributed by atoms with Crippen molar-refractivity contribution in [1.29, 1.82) is 0 Å². The number of pyridine rings is 1. The van der Waals surface area contributed by atoms with E-state index in [0.717, 1.165) is 83.1 Å². The predicted molar refractivity (Wildman–Crippen MR) is 328 cm³/mol. The van der Waals surface area contributed by atoms with Crippen molar-refractivity contribution in [2.75, 3.05) is 76.4 Å². The van der Waals surface area contributed by atoms with Gasteiger partial charge in [0.15, 0.2) is 5.82 Å². The first kappa shape index (κ1) is 61.6. The Hall–Kier alpha value is -6.53. The van der Waals surface area contributed by atoms with Crippen molar-refractivity contribution < 1.29 is 42.5 Å². The van der Waals surface area contributed by atoms with Crippen LogP contribution in [-0.4, -0.2) is 143 Å². The number of anilines is 2. The van der Waals surface area contributed by atoms with Crippen LogP contribution in [0.2, 0.25) is 0 Å². The SMILES string of the molecule is CC1CCC(=O)NC1=O.CCC(C)C(=O)N(C)c1cc(C2CCN(C3CC4(CCN(C(=O)OCC5CCC6CCCN65)CC4)C3)CC2)ccc1C.CCc1c(F)ccc2cc(O)cc(-c3ncc4c(N5CCCC(C)C5)nc(OC)nc4c3F)c12. The number of piperidine rings is 4. The van der Waals surface area contributed by atoms with E-state index < -0.39 is 5.82 Å². The Labute approximate surface area is 500 Å². The lowest BCUT2D eigenvalue weighted by Crippen LogP contribution is -2.56. The molecule has 16 nitrogen and oxygen atoms in total. The van der Waals surface area contributed by atoms with Gasteiger partial charge in [0, 0.05) is 87.1 Å². The highest BCUT2D eigenvalue weighted by Gasteiger charge is 2.49. The Kier molecular flexibility index (Phi) is 19.3. The highest BCUT2D eigenvalue weighted by Crippen LogP contribution is 2.52. The van der Waals surface area contributed by atoms with Gasteiger partial charge in [0.2, 0.25) is 17.7 Å². The van der Waals surface area contributed by atoms with Gasteiger partial charge in [-0.25, -0.2) is 13.6 Å². The summed E-state index contributed by atoms with van der Waals surface area (Å²) in [6, 6.07) is 14.6. The Morgan fingerprint density at radius 3 is 2.34 bits per heavy atom. The van der Waals surface area contributed by atoms with Gasteiger partial charge in [0.05, 0.1) is 12.5 Å². The molecule has 1 saturated carbocycles. The number of nitrogens with one attached hydrogen (secondary N) is 1. The molecular weight excluding hydrogens is 1080 g/mol. The summed E-state index contributed by atoms with van der Waals surface area (Å²) in [4.78, 5) is 71.4.